The van der Waals surface area contributed by atoms with Gasteiger partial charge in [0.2, 0.25) is 5.91 Å². The maximum absolute atomic E-state index is 12.1. The van der Waals surface area contributed by atoms with Crippen molar-refractivity contribution in [1.82, 2.24) is 0 Å². The van der Waals surface area contributed by atoms with Crippen molar-refractivity contribution in [3.8, 4) is 0 Å². The molecule has 2 N–H and O–H groups in total. The van der Waals surface area contributed by atoms with E-state index in [0.717, 1.165) is 12.1 Å². The SMILES string of the molecule is CCC(C)c1ccc(NC(=O)C2(CO)COC2)cc1. The first kappa shape index (κ1) is 14.0. The Kier molecular flexibility index (Phi) is 4.22. The molecule has 2 rings (SSSR count). The molecule has 1 amide bonds. The zero-order valence-corrected chi connectivity index (χ0v) is 11.5. The average molecular weight is 263 g/mol. The number of ether oxygens (including phenoxy) is 1. The van der Waals surface area contributed by atoms with Crippen molar-refractivity contribution in [2.45, 2.75) is 26.2 Å². The summed E-state index contributed by atoms with van der Waals surface area (Å²) in [5.74, 6) is 0.353. The molecule has 19 heavy (non-hydrogen) atoms. The molecule has 1 aromatic rings. The van der Waals surface area contributed by atoms with Gasteiger partial charge in [0.1, 0.15) is 5.41 Å². The van der Waals surface area contributed by atoms with Gasteiger partial charge in [-0.1, -0.05) is 26.0 Å². The molecule has 0 radical (unpaired) electrons. The van der Waals surface area contributed by atoms with Crippen LogP contribution >= 0.6 is 0 Å². The molecule has 1 aromatic carbocycles. The van der Waals surface area contributed by atoms with Gasteiger partial charge in [0.05, 0.1) is 19.8 Å². The largest absolute Gasteiger partial charge is 0.395 e. The third-order valence-corrected chi connectivity index (χ3v) is 3.89. The third-order valence-electron chi connectivity index (χ3n) is 3.89. The monoisotopic (exact) mass is 263 g/mol. The minimum absolute atomic E-state index is 0.169. The number of carbonyl (C=O) groups excluding carboxylic acids is 1. The summed E-state index contributed by atoms with van der Waals surface area (Å²) in [4.78, 5) is 12.1. The molecular formula is C15H21NO3. The molecule has 1 saturated heterocycles. The van der Waals surface area contributed by atoms with Crippen LogP contribution in [0, 0.1) is 5.41 Å². The van der Waals surface area contributed by atoms with Gasteiger partial charge in [0, 0.05) is 5.69 Å². The molecule has 1 atom stereocenters. The van der Waals surface area contributed by atoms with E-state index in [2.05, 4.69) is 19.2 Å². The summed E-state index contributed by atoms with van der Waals surface area (Å²) < 4.78 is 5.03. The smallest absolute Gasteiger partial charge is 0.237 e. The van der Waals surface area contributed by atoms with Crippen LogP contribution in [0.5, 0.6) is 0 Å². The molecule has 104 valence electrons. The second-order valence-electron chi connectivity index (χ2n) is 5.32. The Labute approximate surface area is 113 Å². The lowest BCUT2D eigenvalue weighted by atomic mass is 9.86. The van der Waals surface area contributed by atoms with Gasteiger partial charge in [0.25, 0.3) is 0 Å². The number of amides is 1. The van der Waals surface area contributed by atoms with E-state index in [1.165, 1.54) is 5.56 Å². The van der Waals surface area contributed by atoms with Crippen LogP contribution in [0.2, 0.25) is 0 Å². The van der Waals surface area contributed by atoms with Crippen molar-refractivity contribution in [2.24, 2.45) is 5.41 Å². The second-order valence-corrected chi connectivity index (χ2v) is 5.32. The minimum atomic E-state index is -0.755. The van der Waals surface area contributed by atoms with Gasteiger partial charge in [-0.15, -0.1) is 0 Å². The normalized spacial score (nSPS) is 18.5. The highest BCUT2D eigenvalue weighted by Crippen LogP contribution is 2.29. The van der Waals surface area contributed by atoms with E-state index in [4.69, 9.17) is 4.74 Å². The predicted octanol–water partition coefficient (Wildman–Crippen LogP) is 2.15. The van der Waals surface area contributed by atoms with Crippen LogP contribution < -0.4 is 5.32 Å². The van der Waals surface area contributed by atoms with Crippen molar-refractivity contribution in [3.05, 3.63) is 29.8 Å². The fraction of sp³-hybridized carbons (Fsp3) is 0.533. The summed E-state index contributed by atoms with van der Waals surface area (Å²) in [5, 5.41) is 12.1. The number of hydrogen-bond donors (Lipinski definition) is 2. The lowest BCUT2D eigenvalue weighted by molar-refractivity contribution is -0.164. The summed E-state index contributed by atoms with van der Waals surface area (Å²) in [6, 6.07) is 7.88. The van der Waals surface area contributed by atoms with Gasteiger partial charge >= 0.3 is 0 Å². The number of aliphatic hydroxyl groups excluding tert-OH is 1. The summed E-state index contributed by atoms with van der Waals surface area (Å²) in [7, 11) is 0. The van der Waals surface area contributed by atoms with Crippen molar-refractivity contribution in [2.75, 3.05) is 25.1 Å². The van der Waals surface area contributed by atoms with E-state index in [1.807, 2.05) is 24.3 Å². The zero-order chi connectivity index (χ0) is 13.9. The van der Waals surface area contributed by atoms with Crippen LogP contribution in [0.15, 0.2) is 24.3 Å². The quantitative estimate of drug-likeness (QED) is 0.855. The summed E-state index contributed by atoms with van der Waals surface area (Å²) >= 11 is 0. The molecule has 4 heteroatoms. The van der Waals surface area contributed by atoms with Crippen LogP contribution in [-0.2, 0) is 9.53 Å². The number of carbonyl (C=O) groups is 1. The Morgan fingerprint density at radius 2 is 2.05 bits per heavy atom. The third kappa shape index (κ3) is 2.80. The molecule has 0 saturated carbocycles. The highest BCUT2D eigenvalue weighted by Gasteiger charge is 2.45. The number of hydrogen-bond acceptors (Lipinski definition) is 3. The first-order valence-corrected chi connectivity index (χ1v) is 6.71. The van der Waals surface area contributed by atoms with Gasteiger partial charge < -0.3 is 15.2 Å². The first-order valence-electron chi connectivity index (χ1n) is 6.71. The molecule has 0 spiro atoms. The number of rotatable bonds is 5. The van der Waals surface area contributed by atoms with E-state index in [9.17, 15) is 9.90 Å². The predicted molar refractivity (Wildman–Crippen MR) is 74.1 cm³/mol. The van der Waals surface area contributed by atoms with Crippen molar-refractivity contribution in [1.29, 1.82) is 0 Å². The molecule has 1 unspecified atom stereocenters. The Morgan fingerprint density at radius 1 is 1.42 bits per heavy atom. The zero-order valence-electron chi connectivity index (χ0n) is 11.5. The fourth-order valence-corrected chi connectivity index (χ4v) is 2.04. The van der Waals surface area contributed by atoms with Gasteiger partial charge in [-0.2, -0.15) is 0 Å². The average Bonchev–Trinajstić information content (AvgIpc) is 2.38. The van der Waals surface area contributed by atoms with Crippen molar-refractivity contribution < 1.29 is 14.6 Å². The van der Waals surface area contributed by atoms with Crippen LogP contribution in [0.1, 0.15) is 31.7 Å². The Bertz CT molecular complexity index is 432. The number of benzene rings is 1. The van der Waals surface area contributed by atoms with Crippen LogP contribution in [0.4, 0.5) is 5.69 Å². The van der Waals surface area contributed by atoms with E-state index in [0.29, 0.717) is 19.1 Å². The molecule has 4 nitrogen and oxygen atoms in total. The van der Waals surface area contributed by atoms with E-state index in [1.54, 1.807) is 0 Å². The molecule has 1 heterocycles. The standard InChI is InChI=1S/C15H21NO3/c1-3-11(2)12-4-6-13(7-5-12)16-14(18)15(8-17)9-19-10-15/h4-7,11,17H,3,8-10H2,1-2H3,(H,16,18). The van der Waals surface area contributed by atoms with E-state index < -0.39 is 5.41 Å². The maximum atomic E-state index is 12.1. The minimum Gasteiger partial charge on any atom is -0.395 e. The van der Waals surface area contributed by atoms with E-state index >= 15 is 0 Å². The molecular weight excluding hydrogens is 242 g/mol. The van der Waals surface area contributed by atoms with Crippen LogP contribution in [-0.4, -0.2) is 30.8 Å². The number of nitrogens with one attached hydrogen (secondary N) is 1. The summed E-state index contributed by atoms with van der Waals surface area (Å²) in [5.41, 5.74) is 1.27. The van der Waals surface area contributed by atoms with Crippen LogP contribution in [0.25, 0.3) is 0 Å². The molecule has 1 aliphatic heterocycles. The second kappa shape index (κ2) is 5.72. The lowest BCUT2D eigenvalue weighted by Gasteiger charge is -2.38. The fourth-order valence-electron chi connectivity index (χ4n) is 2.04. The van der Waals surface area contributed by atoms with Gasteiger partial charge in [-0.05, 0) is 30.0 Å². The van der Waals surface area contributed by atoms with Crippen molar-refractivity contribution in [3.63, 3.8) is 0 Å². The van der Waals surface area contributed by atoms with Gasteiger partial charge in [-0.25, -0.2) is 0 Å². The maximum Gasteiger partial charge on any atom is 0.237 e. The van der Waals surface area contributed by atoms with Crippen LogP contribution in [0.3, 0.4) is 0 Å². The van der Waals surface area contributed by atoms with E-state index in [-0.39, 0.29) is 12.5 Å². The summed E-state index contributed by atoms with van der Waals surface area (Å²) in [6.45, 7) is 4.74. The topological polar surface area (TPSA) is 58.6 Å². The molecule has 0 aromatic heterocycles. The molecule has 1 aliphatic rings. The first-order chi connectivity index (χ1) is 9.11. The summed E-state index contributed by atoms with van der Waals surface area (Å²) in [6.07, 6.45) is 1.09. The number of anilines is 1. The molecule has 0 aliphatic carbocycles. The Balaban J connectivity index is 2.01. The van der Waals surface area contributed by atoms with Gasteiger partial charge in [-0.3, -0.25) is 4.79 Å². The lowest BCUT2D eigenvalue weighted by Crippen LogP contribution is -2.54. The van der Waals surface area contributed by atoms with Crippen molar-refractivity contribution >= 4 is 11.6 Å². The Hall–Kier alpha value is -1.39. The molecule has 0 bridgehead atoms. The Morgan fingerprint density at radius 3 is 2.47 bits per heavy atom. The van der Waals surface area contributed by atoms with Gasteiger partial charge in [0.15, 0.2) is 0 Å². The number of aliphatic hydroxyl groups is 1. The highest BCUT2D eigenvalue weighted by atomic mass is 16.5. The molecule has 1 fully saturated rings. The highest BCUT2D eigenvalue weighted by molar-refractivity contribution is 5.96.